The number of alkyl halides is 4. The maximum absolute atomic E-state index is 14.8. The predicted octanol–water partition coefficient (Wildman–Crippen LogP) is 8.51. The van der Waals surface area contributed by atoms with E-state index in [1.165, 1.54) is 38.5 Å². The molecule has 1 aromatic rings. The van der Waals surface area contributed by atoms with Crippen molar-refractivity contribution in [2.45, 2.75) is 83.7 Å². The highest BCUT2D eigenvalue weighted by Gasteiger charge is 2.45. The Morgan fingerprint density at radius 1 is 0.939 bits per heavy atom. The third-order valence-corrected chi connectivity index (χ3v) is 7.14. The van der Waals surface area contributed by atoms with Gasteiger partial charge in [-0.3, -0.25) is 0 Å². The number of halogens is 6. The second-order valence-corrected chi connectivity index (χ2v) is 9.34. The molecular formula is C25H32F6O2. The standard InChI is InChI=1S/C25H32F6O2/c1-2-3-16-4-6-17(7-5-16)18-8-10-19(11-9-18)25(30,31)33-20-14-21(26)24(22(27)15-20)32-13-12-23(28)29/h12-19,23H,2-11H2,1H3/b13-12-. The van der Waals surface area contributed by atoms with E-state index in [1.807, 2.05) is 0 Å². The SMILES string of the molecule is CCCC1CCC(C2CCC(C(F)(F)Oc3cc(F)c(O/C=C\C(F)F)c(F)c3)CC2)CC1. The highest BCUT2D eigenvalue weighted by atomic mass is 19.3. The number of hydrogen-bond donors (Lipinski definition) is 0. The first-order valence-corrected chi connectivity index (χ1v) is 11.9. The van der Waals surface area contributed by atoms with Crippen LogP contribution in [0.3, 0.4) is 0 Å². The van der Waals surface area contributed by atoms with Crippen LogP contribution in [0, 0.1) is 35.3 Å². The zero-order chi connectivity index (χ0) is 24.0. The van der Waals surface area contributed by atoms with Crippen LogP contribution in [0.25, 0.3) is 0 Å². The summed E-state index contributed by atoms with van der Waals surface area (Å²) in [6, 6.07) is 1.14. The van der Waals surface area contributed by atoms with E-state index in [9.17, 15) is 26.3 Å². The van der Waals surface area contributed by atoms with Crippen molar-refractivity contribution in [3.05, 3.63) is 36.1 Å². The van der Waals surface area contributed by atoms with Crippen molar-refractivity contribution in [3.63, 3.8) is 0 Å². The molecule has 2 nitrogen and oxygen atoms in total. The summed E-state index contributed by atoms with van der Waals surface area (Å²) in [6.07, 6.45) is 3.60. The zero-order valence-corrected chi connectivity index (χ0v) is 18.9. The van der Waals surface area contributed by atoms with Crippen LogP contribution in [-0.2, 0) is 0 Å². The lowest BCUT2D eigenvalue weighted by Gasteiger charge is -2.39. The summed E-state index contributed by atoms with van der Waals surface area (Å²) in [5.41, 5.74) is 0. The number of hydrogen-bond acceptors (Lipinski definition) is 2. The Kier molecular flexibility index (Phi) is 8.99. The second-order valence-electron chi connectivity index (χ2n) is 9.34. The molecule has 0 bridgehead atoms. The van der Waals surface area contributed by atoms with Crippen molar-refractivity contribution in [2.24, 2.45) is 23.7 Å². The van der Waals surface area contributed by atoms with E-state index in [4.69, 9.17) is 4.74 Å². The Balaban J connectivity index is 1.54. The summed E-state index contributed by atoms with van der Waals surface area (Å²) in [4.78, 5) is 0. The molecule has 0 spiro atoms. The third kappa shape index (κ3) is 7.06. The largest absolute Gasteiger partial charge is 0.459 e. The first-order valence-electron chi connectivity index (χ1n) is 11.9. The van der Waals surface area contributed by atoms with E-state index >= 15 is 0 Å². The van der Waals surface area contributed by atoms with Crippen molar-refractivity contribution < 1.29 is 35.8 Å². The van der Waals surface area contributed by atoms with Gasteiger partial charge in [-0.05, 0) is 56.3 Å². The Labute approximate surface area is 191 Å². The Bertz CT molecular complexity index is 758. The molecule has 0 N–H and O–H groups in total. The molecule has 0 unspecified atom stereocenters. The second kappa shape index (κ2) is 11.5. The fourth-order valence-electron chi connectivity index (χ4n) is 5.40. The normalized spacial score (nSPS) is 26.7. The van der Waals surface area contributed by atoms with Crippen molar-refractivity contribution >= 4 is 0 Å². The topological polar surface area (TPSA) is 18.5 Å². The van der Waals surface area contributed by atoms with E-state index in [-0.39, 0.29) is 0 Å². The van der Waals surface area contributed by atoms with Crippen LogP contribution in [0.2, 0.25) is 0 Å². The Hall–Kier alpha value is -1.86. The zero-order valence-electron chi connectivity index (χ0n) is 18.9. The average Bonchev–Trinajstić information content (AvgIpc) is 2.76. The molecule has 3 rings (SSSR count). The monoisotopic (exact) mass is 478 g/mol. The van der Waals surface area contributed by atoms with Crippen LogP contribution in [0.4, 0.5) is 26.3 Å². The van der Waals surface area contributed by atoms with Crippen LogP contribution in [0.5, 0.6) is 11.5 Å². The quantitative estimate of drug-likeness (QED) is 0.262. The molecule has 2 saturated carbocycles. The minimum absolute atomic E-state index is 0.296. The van der Waals surface area contributed by atoms with Gasteiger partial charge in [0.05, 0.1) is 12.2 Å². The van der Waals surface area contributed by atoms with Gasteiger partial charge in [0.15, 0.2) is 17.4 Å². The van der Waals surface area contributed by atoms with Crippen LogP contribution >= 0.6 is 0 Å². The van der Waals surface area contributed by atoms with Gasteiger partial charge in [-0.2, -0.15) is 8.78 Å². The molecule has 0 amide bonds. The van der Waals surface area contributed by atoms with Gasteiger partial charge >= 0.3 is 6.11 Å². The minimum Gasteiger partial charge on any atom is -0.459 e. The van der Waals surface area contributed by atoms with Gasteiger partial charge in [0.25, 0.3) is 6.43 Å². The fourth-order valence-corrected chi connectivity index (χ4v) is 5.40. The molecule has 2 fully saturated rings. The smallest absolute Gasteiger partial charge is 0.400 e. The molecule has 2 aliphatic rings. The van der Waals surface area contributed by atoms with E-state index in [0.29, 0.717) is 62.0 Å². The summed E-state index contributed by atoms with van der Waals surface area (Å²) < 4.78 is 91.1. The van der Waals surface area contributed by atoms with Crippen LogP contribution in [0.15, 0.2) is 24.5 Å². The summed E-state index contributed by atoms with van der Waals surface area (Å²) in [7, 11) is 0. The number of ether oxygens (including phenoxy) is 2. The first kappa shape index (κ1) is 25.8. The predicted molar refractivity (Wildman–Crippen MR) is 114 cm³/mol. The number of allylic oxidation sites excluding steroid dienone is 1. The number of rotatable bonds is 9. The average molecular weight is 479 g/mol. The molecule has 0 aliphatic heterocycles. The van der Waals surface area contributed by atoms with Crippen LogP contribution in [-0.4, -0.2) is 12.5 Å². The molecule has 0 saturated heterocycles. The Morgan fingerprint density at radius 3 is 2.00 bits per heavy atom. The lowest BCUT2D eigenvalue weighted by Crippen LogP contribution is -2.38. The summed E-state index contributed by atoms with van der Waals surface area (Å²) >= 11 is 0. The van der Waals surface area contributed by atoms with Gasteiger partial charge in [0, 0.05) is 18.2 Å². The molecule has 186 valence electrons. The lowest BCUT2D eigenvalue weighted by atomic mass is 9.68. The fraction of sp³-hybridized carbons (Fsp3) is 0.680. The molecule has 0 aromatic heterocycles. The lowest BCUT2D eigenvalue weighted by molar-refractivity contribution is -0.224. The molecule has 0 heterocycles. The summed E-state index contributed by atoms with van der Waals surface area (Å²) in [6.45, 7) is 2.20. The summed E-state index contributed by atoms with van der Waals surface area (Å²) in [5, 5.41) is 0. The third-order valence-electron chi connectivity index (χ3n) is 7.14. The van der Waals surface area contributed by atoms with Crippen LogP contribution < -0.4 is 9.47 Å². The van der Waals surface area contributed by atoms with E-state index in [1.54, 1.807) is 0 Å². The van der Waals surface area contributed by atoms with Crippen molar-refractivity contribution in [2.75, 3.05) is 0 Å². The molecule has 33 heavy (non-hydrogen) atoms. The van der Waals surface area contributed by atoms with Crippen LogP contribution in [0.1, 0.15) is 71.1 Å². The van der Waals surface area contributed by atoms with E-state index in [0.717, 1.165) is 5.92 Å². The Morgan fingerprint density at radius 2 is 1.48 bits per heavy atom. The van der Waals surface area contributed by atoms with Crippen molar-refractivity contribution in [1.82, 2.24) is 0 Å². The maximum Gasteiger partial charge on any atom is 0.400 e. The number of benzene rings is 1. The van der Waals surface area contributed by atoms with E-state index in [2.05, 4.69) is 11.7 Å². The van der Waals surface area contributed by atoms with Crippen molar-refractivity contribution in [1.29, 1.82) is 0 Å². The van der Waals surface area contributed by atoms with Gasteiger partial charge < -0.3 is 9.47 Å². The first-order chi connectivity index (χ1) is 15.7. The highest BCUT2D eigenvalue weighted by Crippen LogP contribution is 2.46. The molecule has 8 heteroatoms. The molecule has 1 aromatic carbocycles. The molecule has 0 atom stereocenters. The van der Waals surface area contributed by atoms with Gasteiger partial charge in [0.2, 0.25) is 0 Å². The maximum atomic E-state index is 14.8. The minimum atomic E-state index is -3.57. The highest BCUT2D eigenvalue weighted by molar-refractivity contribution is 5.35. The summed E-state index contributed by atoms with van der Waals surface area (Å²) in [5.74, 6) is -3.44. The van der Waals surface area contributed by atoms with Gasteiger partial charge in [-0.1, -0.05) is 32.6 Å². The molecule has 2 aliphatic carbocycles. The van der Waals surface area contributed by atoms with Gasteiger partial charge in [0.1, 0.15) is 5.75 Å². The van der Waals surface area contributed by atoms with Gasteiger partial charge in [-0.25, -0.2) is 17.6 Å². The molecular weight excluding hydrogens is 446 g/mol. The van der Waals surface area contributed by atoms with Crippen molar-refractivity contribution in [3.8, 4) is 11.5 Å². The molecule has 0 radical (unpaired) electrons. The van der Waals surface area contributed by atoms with Gasteiger partial charge in [-0.15, -0.1) is 0 Å². The van der Waals surface area contributed by atoms with E-state index < -0.39 is 41.6 Å².